The van der Waals surface area contributed by atoms with Gasteiger partial charge >= 0.3 is 0 Å². The van der Waals surface area contributed by atoms with Gasteiger partial charge in [0.25, 0.3) is 0 Å². The molecule has 0 amide bonds. The van der Waals surface area contributed by atoms with Crippen molar-refractivity contribution in [2.75, 3.05) is 7.11 Å². The number of aryl methyl sites for hydroxylation is 3. The third kappa shape index (κ3) is 2.58. The third-order valence-corrected chi connectivity index (χ3v) is 4.26. The van der Waals surface area contributed by atoms with Gasteiger partial charge in [0, 0.05) is 18.9 Å². The number of rotatable bonds is 3. The molecule has 3 heterocycles. The van der Waals surface area contributed by atoms with Crippen molar-refractivity contribution in [3.63, 3.8) is 0 Å². The Balaban J connectivity index is 2.24. The van der Waals surface area contributed by atoms with Crippen molar-refractivity contribution in [1.29, 1.82) is 0 Å². The molecule has 0 radical (unpaired) electrons. The molecule has 120 valence electrons. The molecular weight excluding hydrogens is 286 g/mol. The van der Waals surface area contributed by atoms with E-state index in [1.807, 2.05) is 0 Å². The highest BCUT2D eigenvalue weighted by Gasteiger charge is 2.16. The van der Waals surface area contributed by atoms with Crippen LogP contribution in [0.15, 0.2) is 24.4 Å². The topological polar surface area (TPSA) is 39.9 Å². The summed E-state index contributed by atoms with van der Waals surface area (Å²) < 4.78 is 7.65. The van der Waals surface area contributed by atoms with E-state index < -0.39 is 0 Å². The Morgan fingerprint density at radius 3 is 2.48 bits per heavy atom. The van der Waals surface area contributed by atoms with E-state index in [0.29, 0.717) is 11.8 Å². The lowest BCUT2D eigenvalue weighted by atomic mass is 10.0. The summed E-state index contributed by atoms with van der Waals surface area (Å²) in [5, 5.41) is 0. The first-order valence-corrected chi connectivity index (χ1v) is 7.91. The van der Waals surface area contributed by atoms with E-state index in [2.05, 4.69) is 68.7 Å². The van der Waals surface area contributed by atoms with Gasteiger partial charge in [0.1, 0.15) is 0 Å². The number of methoxy groups -OCH3 is 1. The van der Waals surface area contributed by atoms with Gasteiger partial charge in [-0.1, -0.05) is 13.8 Å². The minimum atomic E-state index is 0.367. The number of nitrogens with zero attached hydrogens (tertiary/aromatic N) is 3. The Kier molecular flexibility index (Phi) is 3.84. The van der Waals surface area contributed by atoms with Crippen molar-refractivity contribution >= 4 is 11.0 Å². The van der Waals surface area contributed by atoms with Gasteiger partial charge in [-0.05, 0) is 49.1 Å². The second-order valence-electron chi connectivity index (χ2n) is 6.39. The Labute approximate surface area is 137 Å². The van der Waals surface area contributed by atoms with E-state index >= 15 is 0 Å². The molecule has 3 aromatic rings. The number of ether oxygens (including phenoxy) is 1. The van der Waals surface area contributed by atoms with Gasteiger partial charge in [-0.15, -0.1) is 0 Å². The fourth-order valence-electron chi connectivity index (χ4n) is 2.96. The van der Waals surface area contributed by atoms with Crippen LogP contribution < -0.4 is 4.74 Å². The molecule has 0 aliphatic heterocycles. The molecule has 0 bridgehead atoms. The monoisotopic (exact) mass is 309 g/mol. The Morgan fingerprint density at radius 2 is 1.83 bits per heavy atom. The maximum Gasteiger partial charge on any atom is 0.222 e. The van der Waals surface area contributed by atoms with E-state index in [1.54, 1.807) is 7.11 Å². The normalized spacial score (nSPS) is 11.4. The predicted octanol–water partition coefficient (Wildman–Crippen LogP) is 4.38. The smallest absolute Gasteiger partial charge is 0.222 e. The number of hydrogen-bond acceptors (Lipinski definition) is 3. The summed E-state index contributed by atoms with van der Waals surface area (Å²) >= 11 is 0. The standard InChI is InChI=1S/C19H23N3O/c1-11(2)15-8-7-14(19(20-15)23-6)17-12(3)9-16-18(21-17)13(4)10-22(16)5/h7-11H,1-6H3. The first-order chi connectivity index (χ1) is 10.9. The van der Waals surface area contributed by atoms with Crippen molar-refractivity contribution in [3.05, 3.63) is 41.2 Å². The lowest BCUT2D eigenvalue weighted by Crippen LogP contribution is -2.00. The first-order valence-electron chi connectivity index (χ1n) is 7.91. The first kappa shape index (κ1) is 15.5. The molecular formula is C19H23N3O. The highest BCUT2D eigenvalue weighted by molar-refractivity contribution is 5.84. The van der Waals surface area contributed by atoms with Crippen LogP contribution in [0.4, 0.5) is 0 Å². The maximum atomic E-state index is 5.54. The van der Waals surface area contributed by atoms with Gasteiger partial charge in [0.15, 0.2) is 0 Å². The zero-order valence-electron chi connectivity index (χ0n) is 14.6. The Morgan fingerprint density at radius 1 is 1.09 bits per heavy atom. The summed E-state index contributed by atoms with van der Waals surface area (Å²) in [6.07, 6.45) is 2.11. The maximum absolute atomic E-state index is 5.54. The SMILES string of the molecule is COc1nc(C(C)C)ccc1-c1nc2c(C)cn(C)c2cc1C. The van der Waals surface area contributed by atoms with Gasteiger partial charge in [-0.2, -0.15) is 0 Å². The van der Waals surface area contributed by atoms with Gasteiger partial charge in [-0.25, -0.2) is 9.97 Å². The van der Waals surface area contributed by atoms with E-state index in [1.165, 1.54) is 5.56 Å². The molecule has 0 aliphatic rings. The highest BCUT2D eigenvalue weighted by Crippen LogP contribution is 2.33. The van der Waals surface area contributed by atoms with E-state index in [4.69, 9.17) is 9.72 Å². The lowest BCUT2D eigenvalue weighted by Gasteiger charge is -2.13. The van der Waals surface area contributed by atoms with Gasteiger partial charge in [0.2, 0.25) is 5.88 Å². The summed E-state index contributed by atoms with van der Waals surface area (Å²) in [5.74, 6) is 1.01. The molecule has 0 saturated heterocycles. The molecule has 0 fully saturated rings. The molecule has 3 rings (SSSR count). The molecule has 4 heteroatoms. The van der Waals surface area contributed by atoms with Crippen LogP contribution in [-0.2, 0) is 7.05 Å². The quantitative estimate of drug-likeness (QED) is 0.720. The number of pyridine rings is 2. The van der Waals surface area contributed by atoms with Crippen LogP contribution in [0, 0.1) is 13.8 Å². The Bertz CT molecular complexity index is 878. The van der Waals surface area contributed by atoms with Crippen LogP contribution in [0.25, 0.3) is 22.3 Å². The number of hydrogen-bond donors (Lipinski definition) is 0. The van der Waals surface area contributed by atoms with Crippen LogP contribution in [0.3, 0.4) is 0 Å². The van der Waals surface area contributed by atoms with E-state index in [-0.39, 0.29) is 0 Å². The molecule has 0 aromatic carbocycles. The average Bonchev–Trinajstić information content (AvgIpc) is 2.80. The zero-order chi connectivity index (χ0) is 16.7. The Hall–Kier alpha value is -2.36. The van der Waals surface area contributed by atoms with E-state index in [9.17, 15) is 0 Å². The molecule has 4 nitrogen and oxygen atoms in total. The van der Waals surface area contributed by atoms with Crippen LogP contribution in [0.2, 0.25) is 0 Å². The molecule has 23 heavy (non-hydrogen) atoms. The summed E-state index contributed by atoms with van der Waals surface area (Å²) in [4.78, 5) is 9.56. The molecule has 0 N–H and O–H groups in total. The van der Waals surface area contributed by atoms with Crippen molar-refractivity contribution in [2.24, 2.45) is 7.05 Å². The van der Waals surface area contributed by atoms with Crippen molar-refractivity contribution in [1.82, 2.24) is 14.5 Å². The van der Waals surface area contributed by atoms with Gasteiger partial charge < -0.3 is 9.30 Å². The van der Waals surface area contributed by atoms with E-state index in [0.717, 1.165) is 33.5 Å². The van der Waals surface area contributed by atoms with Gasteiger partial charge in [-0.3, -0.25) is 0 Å². The minimum Gasteiger partial charge on any atom is -0.480 e. The van der Waals surface area contributed by atoms with Crippen molar-refractivity contribution < 1.29 is 4.74 Å². The summed E-state index contributed by atoms with van der Waals surface area (Å²) in [6.45, 7) is 8.43. The van der Waals surface area contributed by atoms with Crippen molar-refractivity contribution in [2.45, 2.75) is 33.6 Å². The molecule has 0 unspecified atom stereocenters. The molecule has 0 saturated carbocycles. The minimum absolute atomic E-state index is 0.367. The van der Waals surface area contributed by atoms with Crippen LogP contribution in [0.5, 0.6) is 5.88 Å². The third-order valence-electron chi connectivity index (χ3n) is 4.26. The fraction of sp³-hybridized carbons (Fsp3) is 0.368. The van der Waals surface area contributed by atoms with Crippen LogP contribution in [-0.4, -0.2) is 21.6 Å². The van der Waals surface area contributed by atoms with Crippen molar-refractivity contribution in [3.8, 4) is 17.1 Å². The second kappa shape index (κ2) is 5.69. The van der Waals surface area contributed by atoms with Crippen LogP contribution >= 0.6 is 0 Å². The predicted molar refractivity (Wildman–Crippen MR) is 94.1 cm³/mol. The zero-order valence-corrected chi connectivity index (χ0v) is 14.6. The fourth-order valence-corrected chi connectivity index (χ4v) is 2.96. The number of fused-ring (bicyclic) bond motifs is 1. The molecule has 0 spiro atoms. The molecule has 0 aliphatic carbocycles. The van der Waals surface area contributed by atoms with Gasteiger partial charge in [0.05, 0.1) is 29.4 Å². The average molecular weight is 309 g/mol. The highest BCUT2D eigenvalue weighted by atomic mass is 16.5. The number of aromatic nitrogens is 3. The summed E-state index contributed by atoms with van der Waals surface area (Å²) in [6, 6.07) is 6.31. The second-order valence-corrected chi connectivity index (χ2v) is 6.39. The summed E-state index contributed by atoms with van der Waals surface area (Å²) in [7, 11) is 3.72. The lowest BCUT2D eigenvalue weighted by molar-refractivity contribution is 0.397. The van der Waals surface area contributed by atoms with Crippen LogP contribution in [0.1, 0.15) is 36.6 Å². The molecule has 3 aromatic heterocycles. The summed E-state index contributed by atoms with van der Waals surface area (Å²) in [5.41, 5.74) is 7.38. The molecule has 0 atom stereocenters. The largest absolute Gasteiger partial charge is 0.480 e.